The third kappa shape index (κ3) is 2.59. The highest BCUT2D eigenvalue weighted by Gasteiger charge is 2.28. The number of aliphatic hydroxyl groups excluding tert-OH is 2. The summed E-state index contributed by atoms with van der Waals surface area (Å²) in [5.41, 5.74) is 1.02. The molecule has 3 atom stereocenters. The standard InChI is InChI=1S/C12H17NO3/c14-6-10(9-4-2-1-3-5-9)13-11-7-16-8-12(11)15/h1-5,10-15H,6-8H2. The van der Waals surface area contributed by atoms with Crippen molar-refractivity contribution < 1.29 is 14.9 Å². The molecular formula is C12H17NO3. The maximum absolute atomic E-state index is 9.61. The Bertz CT molecular complexity index is 317. The molecule has 2 rings (SSSR count). The van der Waals surface area contributed by atoms with Gasteiger partial charge in [0.05, 0.1) is 38.0 Å². The van der Waals surface area contributed by atoms with Crippen LogP contribution in [-0.2, 0) is 4.74 Å². The first-order valence-corrected chi connectivity index (χ1v) is 5.49. The van der Waals surface area contributed by atoms with Gasteiger partial charge >= 0.3 is 0 Å². The van der Waals surface area contributed by atoms with Crippen LogP contribution in [-0.4, -0.2) is 42.2 Å². The lowest BCUT2D eigenvalue weighted by atomic mass is 10.1. The topological polar surface area (TPSA) is 61.7 Å². The number of nitrogens with one attached hydrogen (secondary N) is 1. The summed E-state index contributed by atoms with van der Waals surface area (Å²) in [5.74, 6) is 0. The minimum Gasteiger partial charge on any atom is -0.394 e. The molecule has 88 valence electrons. The normalized spacial score (nSPS) is 26.9. The van der Waals surface area contributed by atoms with Crippen molar-refractivity contribution >= 4 is 0 Å². The molecule has 1 aliphatic rings. The summed E-state index contributed by atoms with van der Waals surface area (Å²) in [7, 11) is 0. The summed E-state index contributed by atoms with van der Waals surface area (Å²) in [6.45, 7) is 0.863. The monoisotopic (exact) mass is 223 g/mol. The molecule has 1 fully saturated rings. The highest BCUT2D eigenvalue weighted by Crippen LogP contribution is 2.15. The molecule has 3 N–H and O–H groups in total. The summed E-state index contributed by atoms with van der Waals surface area (Å²) >= 11 is 0. The number of hydrogen-bond donors (Lipinski definition) is 3. The van der Waals surface area contributed by atoms with Gasteiger partial charge in [-0.05, 0) is 5.56 Å². The van der Waals surface area contributed by atoms with E-state index in [1.165, 1.54) is 0 Å². The van der Waals surface area contributed by atoms with Gasteiger partial charge in [0, 0.05) is 0 Å². The Hall–Kier alpha value is -0.940. The fraction of sp³-hybridized carbons (Fsp3) is 0.500. The van der Waals surface area contributed by atoms with Crippen LogP contribution in [0.4, 0.5) is 0 Å². The zero-order valence-corrected chi connectivity index (χ0v) is 9.04. The second-order valence-electron chi connectivity index (χ2n) is 4.02. The van der Waals surface area contributed by atoms with Gasteiger partial charge in [-0.3, -0.25) is 0 Å². The average Bonchev–Trinajstić information content (AvgIpc) is 2.73. The maximum Gasteiger partial charge on any atom is 0.0948 e. The second kappa shape index (κ2) is 5.41. The van der Waals surface area contributed by atoms with Crippen LogP contribution in [0.2, 0.25) is 0 Å². The predicted molar refractivity (Wildman–Crippen MR) is 60.0 cm³/mol. The van der Waals surface area contributed by atoms with Crippen molar-refractivity contribution in [2.24, 2.45) is 0 Å². The second-order valence-corrected chi connectivity index (χ2v) is 4.02. The van der Waals surface area contributed by atoms with Gasteiger partial charge in [-0.15, -0.1) is 0 Å². The molecule has 1 heterocycles. The van der Waals surface area contributed by atoms with Gasteiger partial charge in [-0.1, -0.05) is 30.3 Å². The molecule has 1 aliphatic heterocycles. The summed E-state index contributed by atoms with van der Waals surface area (Å²) in [4.78, 5) is 0. The molecule has 1 aromatic rings. The maximum atomic E-state index is 9.61. The van der Waals surface area contributed by atoms with Gasteiger partial charge < -0.3 is 20.3 Å². The molecular weight excluding hydrogens is 206 g/mol. The van der Waals surface area contributed by atoms with Crippen molar-refractivity contribution in [3.63, 3.8) is 0 Å². The molecule has 0 aromatic heterocycles. The van der Waals surface area contributed by atoms with Gasteiger partial charge in [0.25, 0.3) is 0 Å². The lowest BCUT2D eigenvalue weighted by molar-refractivity contribution is 0.119. The Morgan fingerprint density at radius 1 is 1.31 bits per heavy atom. The Morgan fingerprint density at radius 2 is 2.06 bits per heavy atom. The van der Waals surface area contributed by atoms with Crippen LogP contribution in [0.25, 0.3) is 0 Å². The van der Waals surface area contributed by atoms with Crippen LogP contribution >= 0.6 is 0 Å². The molecule has 0 radical (unpaired) electrons. The molecule has 1 aromatic carbocycles. The first-order chi connectivity index (χ1) is 7.81. The van der Waals surface area contributed by atoms with Gasteiger partial charge in [-0.25, -0.2) is 0 Å². The molecule has 3 unspecified atom stereocenters. The van der Waals surface area contributed by atoms with Crippen LogP contribution in [0.5, 0.6) is 0 Å². The fourth-order valence-electron chi connectivity index (χ4n) is 1.90. The minimum atomic E-state index is -0.488. The van der Waals surface area contributed by atoms with Gasteiger partial charge in [0.2, 0.25) is 0 Å². The van der Waals surface area contributed by atoms with Crippen molar-refractivity contribution in [1.82, 2.24) is 5.32 Å². The van der Waals surface area contributed by atoms with E-state index in [-0.39, 0.29) is 18.7 Å². The number of benzene rings is 1. The molecule has 0 bridgehead atoms. The van der Waals surface area contributed by atoms with Crippen molar-refractivity contribution in [2.75, 3.05) is 19.8 Å². The van der Waals surface area contributed by atoms with E-state index in [9.17, 15) is 10.2 Å². The van der Waals surface area contributed by atoms with Gasteiger partial charge in [-0.2, -0.15) is 0 Å². The Morgan fingerprint density at radius 3 is 2.62 bits per heavy atom. The quantitative estimate of drug-likeness (QED) is 0.676. The van der Waals surface area contributed by atoms with Crippen molar-refractivity contribution in [1.29, 1.82) is 0 Å². The Balaban J connectivity index is 2.00. The third-order valence-corrected chi connectivity index (χ3v) is 2.85. The number of rotatable bonds is 4. The van der Waals surface area contributed by atoms with Crippen LogP contribution in [0.15, 0.2) is 30.3 Å². The Kier molecular flexibility index (Phi) is 3.90. The molecule has 0 saturated carbocycles. The number of hydrogen-bond acceptors (Lipinski definition) is 4. The molecule has 16 heavy (non-hydrogen) atoms. The first-order valence-electron chi connectivity index (χ1n) is 5.49. The number of aliphatic hydroxyl groups is 2. The zero-order valence-electron chi connectivity index (χ0n) is 9.04. The number of ether oxygens (including phenoxy) is 1. The summed E-state index contributed by atoms with van der Waals surface area (Å²) in [6, 6.07) is 9.46. The first kappa shape index (κ1) is 11.5. The summed E-state index contributed by atoms with van der Waals surface area (Å²) in [5, 5.41) is 22.2. The molecule has 0 aliphatic carbocycles. The van der Waals surface area contributed by atoms with Crippen LogP contribution in [0.1, 0.15) is 11.6 Å². The minimum absolute atomic E-state index is 0.00718. The molecule has 4 nitrogen and oxygen atoms in total. The Labute approximate surface area is 94.9 Å². The lowest BCUT2D eigenvalue weighted by Crippen LogP contribution is -2.42. The van der Waals surface area contributed by atoms with E-state index in [1.54, 1.807) is 0 Å². The highest BCUT2D eigenvalue weighted by atomic mass is 16.5. The lowest BCUT2D eigenvalue weighted by Gasteiger charge is -2.22. The van der Waals surface area contributed by atoms with Crippen LogP contribution < -0.4 is 5.32 Å². The van der Waals surface area contributed by atoms with E-state index in [0.717, 1.165) is 5.56 Å². The largest absolute Gasteiger partial charge is 0.394 e. The molecule has 1 saturated heterocycles. The molecule has 4 heteroatoms. The van der Waals surface area contributed by atoms with Gasteiger partial charge in [0.15, 0.2) is 0 Å². The zero-order chi connectivity index (χ0) is 11.4. The highest BCUT2D eigenvalue weighted by molar-refractivity contribution is 5.19. The van der Waals surface area contributed by atoms with E-state index in [4.69, 9.17) is 4.74 Å². The summed E-state index contributed by atoms with van der Waals surface area (Å²) < 4.78 is 5.16. The van der Waals surface area contributed by atoms with Crippen LogP contribution in [0, 0.1) is 0 Å². The van der Waals surface area contributed by atoms with E-state index >= 15 is 0 Å². The predicted octanol–water partition coefficient (Wildman–Crippen LogP) is 0.0693. The van der Waals surface area contributed by atoms with E-state index in [0.29, 0.717) is 13.2 Å². The smallest absolute Gasteiger partial charge is 0.0948 e. The van der Waals surface area contributed by atoms with Crippen molar-refractivity contribution in [2.45, 2.75) is 18.2 Å². The molecule has 0 amide bonds. The van der Waals surface area contributed by atoms with Crippen molar-refractivity contribution in [3.05, 3.63) is 35.9 Å². The van der Waals surface area contributed by atoms with E-state index in [2.05, 4.69) is 5.32 Å². The van der Waals surface area contributed by atoms with Gasteiger partial charge in [0.1, 0.15) is 0 Å². The summed E-state index contributed by atoms with van der Waals surface area (Å²) in [6.07, 6.45) is -0.488. The van der Waals surface area contributed by atoms with Crippen LogP contribution in [0.3, 0.4) is 0 Å². The SMILES string of the molecule is OCC(NC1COCC1O)c1ccccc1. The van der Waals surface area contributed by atoms with E-state index in [1.807, 2.05) is 30.3 Å². The van der Waals surface area contributed by atoms with Crippen molar-refractivity contribution in [3.8, 4) is 0 Å². The third-order valence-electron chi connectivity index (χ3n) is 2.85. The average molecular weight is 223 g/mol. The van der Waals surface area contributed by atoms with E-state index < -0.39 is 6.10 Å². The fourth-order valence-corrected chi connectivity index (χ4v) is 1.90. The molecule has 0 spiro atoms.